The third kappa shape index (κ3) is 4.18. The van der Waals surface area contributed by atoms with Gasteiger partial charge in [0.15, 0.2) is 0 Å². The Morgan fingerprint density at radius 2 is 1.86 bits per heavy atom. The molecule has 2 aromatic carbocycles. The molecule has 0 fully saturated rings. The number of hydrogen-bond donors (Lipinski definition) is 1. The molecule has 4 heteroatoms. The lowest BCUT2D eigenvalue weighted by atomic mass is 10.0. The van der Waals surface area contributed by atoms with E-state index in [0.717, 1.165) is 16.3 Å². The minimum atomic E-state index is -0.704. The number of rotatable bonds is 3. The van der Waals surface area contributed by atoms with Crippen LogP contribution in [0.2, 0.25) is 0 Å². The fourth-order valence-electron chi connectivity index (χ4n) is 2.09. The first-order valence-electron chi connectivity index (χ1n) is 6.93. The number of amides is 1. The molecule has 1 N–H and O–H groups in total. The van der Waals surface area contributed by atoms with Crippen molar-refractivity contribution in [2.75, 3.05) is 6.67 Å². The van der Waals surface area contributed by atoms with Crippen LogP contribution < -0.4 is 5.32 Å². The van der Waals surface area contributed by atoms with Gasteiger partial charge in [0.1, 0.15) is 12.3 Å². The van der Waals surface area contributed by atoms with E-state index in [2.05, 4.69) is 5.32 Å². The summed E-state index contributed by atoms with van der Waals surface area (Å²) in [6, 6.07) is 12.8. The molecule has 0 unspecified atom stereocenters. The average molecular weight is 289 g/mol. The Hall–Kier alpha value is -2.10. The number of benzene rings is 2. The van der Waals surface area contributed by atoms with Gasteiger partial charge < -0.3 is 10.1 Å². The second-order valence-corrected chi connectivity index (χ2v) is 5.96. The van der Waals surface area contributed by atoms with Crippen LogP contribution in [-0.2, 0) is 4.74 Å². The molecular weight excluding hydrogens is 269 g/mol. The molecule has 2 rings (SSSR count). The Balaban J connectivity index is 2.17. The molecule has 0 heterocycles. The van der Waals surface area contributed by atoms with E-state index in [1.54, 1.807) is 20.8 Å². The molecule has 0 saturated heterocycles. The van der Waals surface area contributed by atoms with Gasteiger partial charge in [-0.3, -0.25) is 0 Å². The van der Waals surface area contributed by atoms with Crippen molar-refractivity contribution in [3.05, 3.63) is 48.0 Å². The van der Waals surface area contributed by atoms with Crippen molar-refractivity contribution in [1.82, 2.24) is 5.32 Å². The fourth-order valence-corrected chi connectivity index (χ4v) is 2.09. The molecule has 0 spiro atoms. The molecule has 2 aromatic rings. The molecule has 1 amide bonds. The number of alkyl carbamates (subject to hydrolysis) is 1. The molecule has 3 nitrogen and oxygen atoms in total. The van der Waals surface area contributed by atoms with Crippen molar-refractivity contribution in [1.29, 1.82) is 0 Å². The number of carbonyl (C=O) groups excluding carboxylic acids is 1. The number of hydrogen-bond acceptors (Lipinski definition) is 2. The fraction of sp³-hybridized carbons (Fsp3) is 0.353. The van der Waals surface area contributed by atoms with Crippen LogP contribution in [0.5, 0.6) is 0 Å². The van der Waals surface area contributed by atoms with Gasteiger partial charge in [-0.1, -0.05) is 36.4 Å². The third-order valence-corrected chi connectivity index (χ3v) is 3.02. The van der Waals surface area contributed by atoms with Crippen molar-refractivity contribution in [3.63, 3.8) is 0 Å². The van der Waals surface area contributed by atoms with Crippen LogP contribution in [0.1, 0.15) is 32.4 Å². The van der Waals surface area contributed by atoms with Gasteiger partial charge in [-0.25, -0.2) is 9.18 Å². The number of ether oxygens (including phenoxy) is 1. The van der Waals surface area contributed by atoms with Gasteiger partial charge in [-0.2, -0.15) is 0 Å². The van der Waals surface area contributed by atoms with Crippen molar-refractivity contribution < 1.29 is 13.9 Å². The van der Waals surface area contributed by atoms with Crippen LogP contribution in [0, 0.1) is 0 Å². The Labute approximate surface area is 124 Å². The van der Waals surface area contributed by atoms with Gasteiger partial charge in [0.25, 0.3) is 0 Å². The highest BCUT2D eigenvalue weighted by Gasteiger charge is 2.20. The standard InChI is InChI=1S/C17H20FNO2/c1-17(2,3)21-16(20)19-15(11-18)14-9-8-12-6-4-5-7-13(12)10-14/h4-10,15H,11H2,1-3H3,(H,19,20)/t15-/m1/s1. The second kappa shape index (κ2) is 6.12. The molecule has 0 aliphatic rings. The van der Waals surface area contributed by atoms with E-state index < -0.39 is 24.4 Å². The van der Waals surface area contributed by atoms with Crippen LogP contribution >= 0.6 is 0 Å². The normalized spacial score (nSPS) is 13.0. The van der Waals surface area contributed by atoms with Crippen molar-refractivity contribution in [2.45, 2.75) is 32.4 Å². The lowest BCUT2D eigenvalue weighted by Gasteiger charge is -2.22. The molecule has 21 heavy (non-hydrogen) atoms. The maximum atomic E-state index is 13.3. The molecule has 0 aromatic heterocycles. The Kier molecular flexibility index (Phi) is 4.46. The predicted octanol–water partition coefficient (Wildman–Crippen LogP) is 4.38. The number of fused-ring (bicyclic) bond motifs is 1. The van der Waals surface area contributed by atoms with E-state index in [1.807, 2.05) is 42.5 Å². The molecular formula is C17H20FNO2. The monoisotopic (exact) mass is 289 g/mol. The minimum Gasteiger partial charge on any atom is -0.444 e. The van der Waals surface area contributed by atoms with E-state index in [0.29, 0.717) is 0 Å². The van der Waals surface area contributed by atoms with Crippen molar-refractivity contribution in [3.8, 4) is 0 Å². The highest BCUT2D eigenvalue weighted by atomic mass is 19.1. The molecule has 0 aliphatic heterocycles. The van der Waals surface area contributed by atoms with E-state index >= 15 is 0 Å². The van der Waals surface area contributed by atoms with Gasteiger partial charge in [-0.15, -0.1) is 0 Å². The van der Waals surface area contributed by atoms with E-state index in [1.165, 1.54) is 0 Å². The maximum Gasteiger partial charge on any atom is 0.408 e. The van der Waals surface area contributed by atoms with Crippen LogP contribution in [0.15, 0.2) is 42.5 Å². The third-order valence-electron chi connectivity index (χ3n) is 3.02. The summed E-state index contributed by atoms with van der Waals surface area (Å²) in [6.45, 7) is 4.63. The molecule has 0 saturated carbocycles. The van der Waals surface area contributed by atoms with Crippen molar-refractivity contribution in [2.24, 2.45) is 0 Å². The Morgan fingerprint density at radius 3 is 2.48 bits per heavy atom. The van der Waals surface area contributed by atoms with Gasteiger partial charge in [0, 0.05) is 0 Å². The first-order valence-corrected chi connectivity index (χ1v) is 6.93. The Morgan fingerprint density at radius 1 is 1.19 bits per heavy atom. The SMILES string of the molecule is CC(C)(C)OC(=O)N[C@H](CF)c1ccc2ccccc2c1. The maximum absolute atomic E-state index is 13.3. The summed E-state index contributed by atoms with van der Waals surface area (Å²) in [6.07, 6.45) is -0.613. The zero-order chi connectivity index (χ0) is 15.5. The van der Waals surface area contributed by atoms with Crippen molar-refractivity contribution >= 4 is 16.9 Å². The number of alkyl halides is 1. The topological polar surface area (TPSA) is 38.3 Å². The summed E-state index contributed by atoms with van der Waals surface area (Å²) < 4.78 is 18.4. The van der Waals surface area contributed by atoms with Crippen LogP contribution in [0.3, 0.4) is 0 Å². The molecule has 0 bridgehead atoms. The zero-order valence-corrected chi connectivity index (χ0v) is 12.5. The first-order chi connectivity index (χ1) is 9.89. The summed E-state index contributed by atoms with van der Waals surface area (Å²) in [5.41, 5.74) is 0.121. The van der Waals surface area contributed by atoms with Gasteiger partial charge in [0.05, 0.1) is 6.04 Å². The highest BCUT2D eigenvalue weighted by Crippen LogP contribution is 2.21. The van der Waals surface area contributed by atoms with E-state index in [-0.39, 0.29) is 0 Å². The number of carbonyl (C=O) groups is 1. The summed E-state index contributed by atoms with van der Waals surface area (Å²) >= 11 is 0. The van der Waals surface area contributed by atoms with Gasteiger partial charge in [-0.05, 0) is 43.2 Å². The Bertz CT molecular complexity index is 634. The zero-order valence-electron chi connectivity index (χ0n) is 12.5. The van der Waals surface area contributed by atoms with E-state index in [4.69, 9.17) is 4.74 Å². The van der Waals surface area contributed by atoms with Gasteiger partial charge >= 0.3 is 6.09 Å². The molecule has 112 valence electrons. The van der Waals surface area contributed by atoms with Crippen LogP contribution in [-0.4, -0.2) is 18.4 Å². The minimum absolute atomic E-state index is 0.603. The molecule has 0 radical (unpaired) electrons. The lowest BCUT2D eigenvalue weighted by molar-refractivity contribution is 0.0495. The van der Waals surface area contributed by atoms with Crippen LogP contribution in [0.25, 0.3) is 10.8 Å². The average Bonchev–Trinajstić information content (AvgIpc) is 2.42. The first kappa shape index (κ1) is 15.3. The molecule has 0 aliphatic carbocycles. The summed E-state index contributed by atoms with van der Waals surface area (Å²) in [4.78, 5) is 11.8. The van der Waals surface area contributed by atoms with Crippen LogP contribution in [0.4, 0.5) is 9.18 Å². The second-order valence-electron chi connectivity index (χ2n) is 5.96. The predicted molar refractivity (Wildman–Crippen MR) is 82.0 cm³/mol. The largest absolute Gasteiger partial charge is 0.444 e. The number of nitrogens with one attached hydrogen (secondary N) is 1. The van der Waals surface area contributed by atoms with Gasteiger partial charge in [0.2, 0.25) is 0 Å². The van der Waals surface area contributed by atoms with E-state index in [9.17, 15) is 9.18 Å². The lowest BCUT2D eigenvalue weighted by Crippen LogP contribution is -2.35. The quantitative estimate of drug-likeness (QED) is 0.911. The summed E-state index contributed by atoms with van der Waals surface area (Å²) in [5, 5.41) is 4.66. The molecule has 1 atom stereocenters. The summed E-state index contributed by atoms with van der Waals surface area (Å²) in [5.74, 6) is 0. The summed E-state index contributed by atoms with van der Waals surface area (Å²) in [7, 11) is 0. The smallest absolute Gasteiger partial charge is 0.408 e. The number of halogens is 1. The highest BCUT2D eigenvalue weighted by molar-refractivity contribution is 5.83.